The summed E-state index contributed by atoms with van der Waals surface area (Å²) in [6, 6.07) is -0.550. The summed E-state index contributed by atoms with van der Waals surface area (Å²) in [4.78, 5) is 24.4. The minimum atomic E-state index is -0.671. The first kappa shape index (κ1) is 56.3. The topological polar surface area (TPSA) is 95.9 Å². The van der Waals surface area contributed by atoms with Crippen LogP contribution in [0.15, 0.2) is 24.3 Å². The van der Waals surface area contributed by atoms with E-state index in [4.69, 9.17) is 4.74 Å². The van der Waals surface area contributed by atoms with Crippen molar-refractivity contribution in [2.75, 3.05) is 13.2 Å². The van der Waals surface area contributed by atoms with Crippen LogP contribution in [-0.2, 0) is 14.3 Å². The number of carbonyl (C=O) groups is 2. The van der Waals surface area contributed by atoms with E-state index in [1.165, 1.54) is 180 Å². The number of esters is 1. The molecule has 0 aliphatic carbocycles. The van der Waals surface area contributed by atoms with Crippen molar-refractivity contribution in [2.24, 2.45) is 0 Å². The molecule has 0 aromatic rings. The number of carbonyl (C=O) groups excluding carboxylic acids is 2. The lowest BCUT2D eigenvalue weighted by molar-refractivity contribution is -0.143. The Hall–Kier alpha value is -1.66. The maximum absolute atomic E-state index is 12.4. The molecule has 0 aromatic heterocycles. The largest absolute Gasteiger partial charge is 0.466 e. The highest BCUT2D eigenvalue weighted by atomic mass is 16.5. The molecule has 2 atom stereocenters. The number of aliphatic hydroxyl groups excluding tert-OH is 2. The number of allylic oxidation sites excluding steroid dienone is 4. The molecule has 0 aromatic carbocycles. The maximum atomic E-state index is 12.4. The summed E-state index contributed by atoms with van der Waals surface area (Å²) < 4.78 is 5.45. The molecule has 0 saturated carbocycles. The van der Waals surface area contributed by atoms with Gasteiger partial charge in [0.05, 0.1) is 25.4 Å². The van der Waals surface area contributed by atoms with Gasteiger partial charge in [0.25, 0.3) is 0 Å². The van der Waals surface area contributed by atoms with Crippen molar-refractivity contribution in [3.05, 3.63) is 24.3 Å². The van der Waals surface area contributed by atoms with Crippen molar-refractivity contribution in [2.45, 2.75) is 283 Å². The summed E-state index contributed by atoms with van der Waals surface area (Å²) in [5.74, 6) is -0.0585. The highest BCUT2D eigenvalue weighted by Crippen LogP contribution is 2.16. The Bertz CT molecular complexity index is 904. The zero-order valence-corrected chi connectivity index (χ0v) is 38.8. The van der Waals surface area contributed by atoms with Gasteiger partial charge in [0.15, 0.2) is 0 Å². The molecule has 0 spiro atoms. The molecule has 6 heteroatoms. The van der Waals surface area contributed by atoms with Crippen LogP contribution >= 0.6 is 0 Å². The van der Waals surface area contributed by atoms with E-state index in [2.05, 4.69) is 43.5 Å². The van der Waals surface area contributed by atoms with Gasteiger partial charge in [-0.2, -0.15) is 0 Å². The standard InChI is InChI=1S/C52H99NO5/c1-3-5-7-9-11-13-15-26-30-34-38-42-46-52(57)58-47-43-39-35-31-27-23-21-19-17-16-18-20-22-25-29-33-37-41-45-51(56)53-49(48-54)50(55)44-40-36-32-28-24-14-12-10-8-6-4-2/h11,13,18,20,49-50,54-55H,3-10,12,14-17,19,21-48H2,1-2H3,(H,53,56)/b13-11-,20-18-. The van der Waals surface area contributed by atoms with Crippen LogP contribution < -0.4 is 5.32 Å². The number of aliphatic hydroxyl groups is 2. The quantitative estimate of drug-likeness (QED) is 0.0323. The molecule has 0 aliphatic rings. The van der Waals surface area contributed by atoms with Crippen molar-refractivity contribution >= 4 is 11.9 Å². The van der Waals surface area contributed by atoms with Crippen molar-refractivity contribution in [3.8, 4) is 0 Å². The van der Waals surface area contributed by atoms with Crippen LogP contribution in [0.5, 0.6) is 0 Å². The summed E-state index contributed by atoms with van der Waals surface area (Å²) in [6.07, 6.45) is 55.8. The Kier molecular flexibility index (Phi) is 46.6. The molecule has 0 bridgehead atoms. The summed E-state index contributed by atoms with van der Waals surface area (Å²) in [5, 5.41) is 23.1. The minimum Gasteiger partial charge on any atom is -0.466 e. The molecule has 0 rings (SSSR count). The van der Waals surface area contributed by atoms with E-state index in [9.17, 15) is 19.8 Å². The second kappa shape index (κ2) is 48.0. The molecule has 0 fully saturated rings. The lowest BCUT2D eigenvalue weighted by Crippen LogP contribution is -2.45. The van der Waals surface area contributed by atoms with Gasteiger partial charge < -0.3 is 20.3 Å². The van der Waals surface area contributed by atoms with Gasteiger partial charge in [-0.25, -0.2) is 0 Å². The monoisotopic (exact) mass is 818 g/mol. The van der Waals surface area contributed by atoms with Gasteiger partial charge in [-0.1, -0.05) is 205 Å². The number of hydrogen-bond acceptors (Lipinski definition) is 5. The number of nitrogens with one attached hydrogen (secondary N) is 1. The summed E-state index contributed by atoms with van der Waals surface area (Å²) in [6.45, 7) is 4.90. The fourth-order valence-electron chi connectivity index (χ4n) is 7.74. The second-order valence-electron chi connectivity index (χ2n) is 17.5. The lowest BCUT2D eigenvalue weighted by Gasteiger charge is -2.22. The van der Waals surface area contributed by atoms with E-state index in [1.807, 2.05) is 0 Å². The number of amides is 1. The summed E-state index contributed by atoms with van der Waals surface area (Å²) in [7, 11) is 0. The van der Waals surface area contributed by atoms with E-state index in [0.717, 1.165) is 57.8 Å². The average Bonchev–Trinajstić information content (AvgIpc) is 3.22. The van der Waals surface area contributed by atoms with Crippen molar-refractivity contribution in [1.82, 2.24) is 5.32 Å². The third-order valence-electron chi connectivity index (χ3n) is 11.7. The summed E-state index contributed by atoms with van der Waals surface area (Å²) >= 11 is 0. The van der Waals surface area contributed by atoms with Crippen molar-refractivity contribution < 1.29 is 24.5 Å². The molecule has 58 heavy (non-hydrogen) atoms. The first-order valence-corrected chi connectivity index (χ1v) is 25.6. The van der Waals surface area contributed by atoms with E-state index in [0.29, 0.717) is 25.9 Å². The second-order valence-corrected chi connectivity index (χ2v) is 17.5. The molecule has 0 saturated heterocycles. The van der Waals surface area contributed by atoms with Crippen LogP contribution in [-0.4, -0.2) is 47.4 Å². The fourth-order valence-corrected chi connectivity index (χ4v) is 7.74. The van der Waals surface area contributed by atoms with Crippen LogP contribution in [0.2, 0.25) is 0 Å². The first-order valence-electron chi connectivity index (χ1n) is 25.6. The van der Waals surface area contributed by atoms with Gasteiger partial charge in [0.1, 0.15) is 0 Å². The number of ether oxygens (including phenoxy) is 1. The third-order valence-corrected chi connectivity index (χ3v) is 11.7. The van der Waals surface area contributed by atoms with Crippen molar-refractivity contribution in [3.63, 3.8) is 0 Å². The van der Waals surface area contributed by atoms with Crippen LogP contribution in [0.3, 0.4) is 0 Å². The molecule has 3 N–H and O–H groups in total. The van der Waals surface area contributed by atoms with Gasteiger partial charge in [0.2, 0.25) is 5.91 Å². The van der Waals surface area contributed by atoms with Crippen LogP contribution in [0.4, 0.5) is 0 Å². The number of unbranched alkanes of at least 4 members (excludes halogenated alkanes) is 32. The van der Waals surface area contributed by atoms with Crippen LogP contribution in [0, 0.1) is 0 Å². The zero-order valence-electron chi connectivity index (χ0n) is 38.8. The molecule has 0 heterocycles. The van der Waals surface area contributed by atoms with Gasteiger partial charge in [-0.15, -0.1) is 0 Å². The smallest absolute Gasteiger partial charge is 0.305 e. The fraction of sp³-hybridized carbons (Fsp3) is 0.885. The number of hydrogen-bond donors (Lipinski definition) is 3. The zero-order chi connectivity index (χ0) is 42.3. The lowest BCUT2D eigenvalue weighted by atomic mass is 10.0. The highest BCUT2D eigenvalue weighted by Gasteiger charge is 2.20. The predicted octanol–water partition coefficient (Wildman–Crippen LogP) is 15.1. The normalized spacial score (nSPS) is 12.8. The molecule has 342 valence electrons. The molecular formula is C52H99NO5. The Morgan fingerprint density at radius 1 is 0.466 bits per heavy atom. The SMILES string of the molecule is CCCCC/C=C\CCCCCCCC(=O)OCCCCCCCCCCC/C=C\CCCCCCCC(=O)NC(CO)C(O)CCCCCCCCCCCCC. The molecule has 2 unspecified atom stereocenters. The molecule has 0 radical (unpaired) electrons. The van der Waals surface area contributed by atoms with Gasteiger partial charge >= 0.3 is 5.97 Å². The Morgan fingerprint density at radius 3 is 1.26 bits per heavy atom. The van der Waals surface area contributed by atoms with Crippen LogP contribution in [0.1, 0.15) is 271 Å². The number of rotatable bonds is 47. The van der Waals surface area contributed by atoms with Crippen molar-refractivity contribution in [1.29, 1.82) is 0 Å². The Morgan fingerprint density at radius 2 is 0.810 bits per heavy atom. The third kappa shape index (κ3) is 43.9. The van der Waals surface area contributed by atoms with E-state index < -0.39 is 12.1 Å². The Balaban J connectivity index is 3.45. The van der Waals surface area contributed by atoms with Gasteiger partial charge in [0, 0.05) is 12.8 Å². The molecular weight excluding hydrogens is 719 g/mol. The van der Waals surface area contributed by atoms with E-state index in [1.54, 1.807) is 0 Å². The predicted molar refractivity (Wildman–Crippen MR) is 250 cm³/mol. The van der Waals surface area contributed by atoms with E-state index >= 15 is 0 Å². The van der Waals surface area contributed by atoms with E-state index in [-0.39, 0.29) is 18.5 Å². The molecule has 0 aliphatic heterocycles. The highest BCUT2D eigenvalue weighted by molar-refractivity contribution is 5.76. The van der Waals surface area contributed by atoms with Gasteiger partial charge in [-0.3, -0.25) is 9.59 Å². The molecule has 1 amide bonds. The first-order chi connectivity index (χ1) is 28.5. The Labute approximate surface area is 361 Å². The minimum absolute atomic E-state index is 0.00759. The average molecular weight is 818 g/mol. The molecule has 6 nitrogen and oxygen atoms in total. The van der Waals surface area contributed by atoms with Crippen LogP contribution in [0.25, 0.3) is 0 Å². The maximum Gasteiger partial charge on any atom is 0.305 e. The van der Waals surface area contributed by atoms with Gasteiger partial charge in [-0.05, 0) is 77.0 Å². The summed E-state index contributed by atoms with van der Waals surface area (Å²) in [5.41, 5.74) is 0.